The lowest BCUT2D eigenvalue weighted by atomic mass is 9.97. The molecule has 0 aromatic carbocycles. The van der Waals surface area contributed by atoms with Crippen LogP contribution in [0.2, 0.25) is 0 Å². The van der Waals surface area contributed by atoms with Crippen molar-refractivity contribution < 1.29 is 0 Å². The van der Waals surface area contributed by atoms with Crippen molar-refractivity contribution in [3.8, 4) is 0 Å². The van der Waals surface area contributed by atoms with E-state index in [1.165, 1.54) is 0 Å². The predicted molar refractivity (Wildman–Crippen MR) is 55.6 cm³/mol. The van der Waals surface area contributed by atoms with Gasteiger partial charge in [0, 0.05) is 13.6 Å². The second kappa shape index (κ2) is 3.28. The molecule has 0 unspecified atom stereocenters. The summed E-state index contributed by atoms with van der Waals surface area (Å²) >= 11 is 0. The van der Waals surface area contributed by atoms with Crippen LogP contribution in [0.1, 0.15) is 20.8 Å². The van der Waals surface area contributed by atoms with E-state index in [2.05, 4.69) is 31.2 Å². The van der Waals surface area contributed by atoms with E-state index in [-0.39, 0.29) is 5.41 Å². The van der Waals surface area contributed by atoms with E-state index in [0.717, 1.165) is 12.2 Å². The Hall–Kier alpha value is -1.19. The van der Waals surface area contributed by atoms with E-state index in [4.69, 9.17) is 5.73 Å². The Kier molecular flexibility index (Phi) is 2.50. The summed E-state index contributed by atoms with van der Waals surface area (Å²) in [6, 6.07) is 0. The highest BCUT2D eigenvalue weighted by atomic mass is 15.3. The molecule has 4 nitrogen and oxygen atoms in total. The number of nitrogens with one attached hydrogen (secondary N) is 1. The molecule has 3 N–H and O–H groups in total. The Morgan fingerprint density at radius 3 is 2.54 bits per heavy atom. The maximum Gasteiger partial charge on any atom is 0.145 e. The highest BCUT2D eigenvalue weighted by molar-refractivity contribution is 5.60. The average molecular weight is 182 g/mol. The standard InChI is InChI=1S/C9H18N4/c1-9(2,3)6-13-8(10)7(11-4)5-12-13/h5,11H,6,10H2,1-4H3. The fraction of sp³-hybridized carbons (Fsp3) is 0.667. The third-order valence-electron chi connectivity index (χ3n) is 1.77. The minimum atomic E-state index is 0.200. The Morgan fingerprint density at radius 2 is 2.15 bits per heavy atom. The molecule has 0 bridgehead atoms. The maximum atomic E-state index is 5.86. The van der Waals surface area contributed by atoms with Gasteiger partial charge in [-0.05, 0) is 5.41 Å². The van der Waals surface area contributed by atoms with Gasteiger partial charge in [0.2, 0.25) is 0 Å². The summed E-state index contributed by atoms with van der Waals surface area (Å²) in [7, 11) is 1.84. The lowest BCUT2D eigenvalue weighted by molar-refractivity contribution is 0.328. The number of hydrogen-bond acceptors (Lipinski definition) is 3. The van der Waals surface area contributed by atoms with Crippen LogP contribution in [0.3, 0.4) is 0 Å². The highest BCUT2D eigenvalue weighted by Crippen LogP contribution is 2.22. The maximum absolute atomic E-state index is 5.86. The van der Waals surface area contributed by atoms with Gasteiger partial charge in [-0.25, -0.2) is 4.68 Å². The lowest BCUT2D eigenvalue weighted by Crippen LogP contribution is -2.18. The van der Waals surface area contributed by atoms with Crippen LogP contribution in [0, 0.1) is 5.41 Å². The van der Waals surface area contributed by atoms with Gasteiger partial charge >= 0.3 is 0 Å². The molecular weight excluding hydrogens is 164 g/mol. The molecule has 1 heterocycles. The monoisotopic (exact) mass is 182 g/mol. The number of rotatable bonds is 2. The van der Waals surface area contributed by atoms with E-state index in [1.807, 2.05) is 11.7 Å². The molecule has 0 saturated carbocycles. The topological polar surface area (TPSA) is 55.9 Å². The second-order valence-corrected chi connectivity index (χ2v) is 4.41. The van der Waals surface area contributed by atoms with E-state index in [1.54, 1.807) is 6.20 Å². The number of anilines is 2. The Labute approximate surface area is 79.1 Å². The summed E-state index contributed by atoms with van der Waals surface area (Å²) in [4.78, 5) is 0. The van der Waals surface area contributed by atoms with Crippen molar-refractivity contribution in [3.63, 3.8) is 0 Å². The van der Waals surface area contributed by atoms with Crippen LogP contribution in [0.15, 0.2) is 6.20 Å². The number of nitrogen functional groups attached to an aromatic ring is 1. The van der Waals surface area contributed by atoms with E-state index in [9.17, 15) is 0 Å². The third kappa shape index (κ3) is 2.37. The second-order valence-electron chi connectivity index (χ2n) is 4.41. The summed E-state index contributed by atoms with van der Waals surface area (Å²) < 4.78 is 1.83. The minimum absolute atomic E-state index is 0.200. The molecule has 0 aliphatic carbocycles. The van der Waals surface area contributed by atoms with Crippen LogP contribution in [0.5, 0.6) is 0 Å². The van der Waals surface area contributed by atoms with Crippen LogP contribution < -0.4 is 11.1 Å². The third-order valence-corrected chi connectivity index (χ3v) is 1.77. The molecule has 0 aliphatic rings. The van der Waals surface area contributed by atoms with Crippen LogP contribution >= 0.6 is 0 Å². The van der Waals surface area contributed by atoms with Gasteiger partial charge in [-0.2, -0.15) is 5.10 Å². The first-order valence-corrected chi connectivity index (χ1v) is 4.43. The molecule has 0 saturated heterocycles. The SMILES string of the molecule is CNc1cnn(CC(C)(C)C)c1N. The minimum Gasteiger partial charge on any atom is -0.384 e. The largest absolute Gasteiger partial charge is 0.384 e. The van der Waals surface area contributed by atoms with Crippen molar-refractivity contribution in [2.75, 3.05) is 18.1 Å². The first-order valence-electron chi connectivity index (χ1n) is 4.43. The van der Waals surface area contributed by atoms with E-state index >= 15 is 0 Å². The van der Waals surface area contributed by atoms with Gasteiger partial charge in [-0.1, -0.05) is 20.8 Å². The van der Waals surface area contributed by atoms with Crippen molar-refractivity contribution in [1.29, 1.82) is 0 Å². The van der Waals surface area contributed by atoms with Gasteiger partial charge < -0.3 is 11.1 Å². The zero-order valence-electron chi connectivity index (χ0n) is 8.76. The fourth-order valence-electron chi connectivity index (χ4n) is 1.16. The van der Waals surface area contributed by atoms with Crippen molar-refractivity contribution in [2.24, 2.45) is 5.41 Å². The Bertz CT molecular complexity index is 282. The van der Waals surface area contributed by atoms with Gasteiger partial charge in [0.15, 0.2) is 0 Å². The molecule has 13 heavy (non-hydrogen) atoms. The number of nitrogens with two attached hydrogens (primary N) is 1. The zero-order valence-corrected chi connectivity index (χ0v) is 8.76. The van der Waals surface area contributed by atoms with Gasteiger partial charge in [0.25, 0.3) is 0 Å². The van der Waals surface area contributed by atoms with Gasteiger partial charge in [-0.3, -0.25) is 0 Å². The van der Waals surface area contributed by atoms with Crippen LogP contribution in [-0.2, 0) is 6.54 Å². The van der Waals surface area contributed by atoms with Crippen LogP contribution in [0.4, 0.5) is 11.5 Å². The Balaban J connectivity index is 2.84. The summed E-state index contributed by atoms with van der Waals surface area (Å²) in [6.07, 6.45) is 1.75. The molecule has 0 spiro atoms. The molecule has 1 aromatic heterocycles. The van der Waals surface area contributed by atoms with Gasteiger partial charge in [-0.15, -0.1) is 0 Å². The predicted octanol–water partition coefficient (Wildman–Crippen LogP) is 1.55. The molecule has 0 amide bonds. The Morgan fingerprint density at radius 1 is 1.54 bits per heavy atom. The molecule has 74 valence electrons. The van der Waals surface area contributed by atoms with Gasteiger partial charge in [0.05, 0.1) is 11.9 Å². The lowest BCUT2D eigenvalue weighted by Gasteiger charge is -2.18. The molecule has 0 aliphatic heterocycles. The van der Waals surface area contributed by atoms with Crippen molar-refractivity contribution in [1.82, 2.24) is 9.78 Å². The summed E-state index contributed by atoms with van der Waals surface area (Å²) in [6.45, 7) is 7.31. The molecule has 4 heteroatoms. The molecular formula is C9H18N4. The fourth-order valence-corrected chi connectivity index (χ4v) is 1.16. The van der Waals surface area contributed by atoms with Crippen molar-refractivity contribution in [2.45, 2.75) is 27.3 Å². The summed E-state index contributed by atoms with van der Waals surface area (Å²) in [5.74, 6) is 0.706. The first kappa shape index (κ1) is 9.89. The summed E-state index contributed by atoms with van der Waals surface area (Å²) in [5.41, 5.74) is 6.95. The normalized spacial score (nSPS) is 11.7. The van der Waals surface area contributed by atoms with Crippen molar-refractivity contribution >= 4 is 11.5 Å². The number of nitrogens with zero attached hydrogens (tertiary/aromatic N) is 2. The smallest absolute Gasteiger partial charge is 0.145 e. The van der Waals surface area contributed by atoms with Crippen LogP contribution in [0.25, 0.3) is 0 Å². The van der Waals surface area contributed by atoms with Crippen molar-refractivity contribution in [3.05, 3.63) is 6.20 Å². The average Bonchev–Trinajstić information content (AvgIpc) is 2.30. The number of hydrogen-bond donors (Lipinski definition) is 2. The molecule has 0 fully saturated rings. The zero-order chi connectivity index (χ0) is 10.1. The van der Waals surface area contributed by atoms with E-state index < -0.39 is 0 Å². The summed E-state index contributed by atoms with van der Waals surface area (Å²) in [5, 5.41) is 7.19. The molecule has 0 atom stereocenters. The number of aromatic nitrogens is 2. The van der Waals surface area contributed by atoms with Crippen LogP contribution in [-0.4, -0.2) is 16.8 Å². The first-order chi connectivity index (χ1) is 5.94. The van der Waals surface area contributed by atoms with Gasteiger partial charge in [0.1, 0.15) is 5.82 Å². The molecule has 1 aromatic rings. The quantitative estimate of drug-likeness (QED) is 0.729. The molecule has 0 radical (unpaired) electrons. The highest BCUT2D eigenvalue weighted by Gasteiger charge is 2.14. The van der Waals surface area contributed by atoms with E-state index in [0.29, 0.717) is 5.82 Å². The molecule has 1 rings (SSSR count).